The lowest BCUT2D eigenvalue weighted by atomic mass is 10.0. The normalized spacial score (nSPS) is 14.9. The molecular weight excluding hydrogens is 400 g/mol. The van der Waals surface area contributed by atoms with Gasteiger partial charge in [0.25, 0.3) is 5.91 Å². The van der Waals surface area contributed by atoms with Crippen molar-refractivity contribution in [1.82, 2.24) is 10.2 Å². The Labute approximate surface area is 192 Å². The topological polar surface area (TPSA) is 58.6 Å². The van der Waals surface area contributed by atoms with Crippen LogP contribution in [0.4, 0.5) is 0 Å². The van der Waals surface area contributed by atoms with Crippen LogP contribution >= 0.6 is 0 Å². The number of nitrogens with zero attached hydrogens (tertiary/aromatic N) is 1. The van der Waals surface area contributed by atoms with Crippen LogP contribution in [0.5, 0.6) is 5.75 Å². The third kappa shape index (κ3) is 6.35. The molecule has 0 heterocycles. The molecule has 0 bridgehead atoms. The largest absolute Gasteiger partial charge is 0.483 e. The number of para-hydroxylation sites is 1. The number of aryl methyl sites for hydroxylation is 1. The van der Waals surface area contributed by atoms with Gasteiger partial charge < -0.3 is 15.0 Å². The average molecular weight is 437 g/mol. The summed E-state index contributed by atoms with van der Waals surface area (Å²) in [5.74, 6) is 0.716. The molecule has 3 rings (SSSR count). The Hall–Kier alpha value is -2.82. The minimum Gasteiger partial charge on any atom is -0.483 e. The van der Waals surface area contributed by atoms with E-state index < -0.39 is 6.04 Å². The SMILES string of the molecule is Cc1ccc(CN(C(=O)COc2ccccc2C(C)C)[C@H](C)C(=O)NC2CCCC2)cc1. The predicted octanol–water partition coefficient (Wildman–Crippen LogP) is 4.97. The molecule has 5 heteroatoms. The average Bonchev–Trinajstić information content (AvgIpc) is 3.29. The Kier molecular flexibility index (Phi) is 8.32. The molecular formula is C27H36N2O3. The van der Waals surface area contributed by atoms with E-state index in [1.165, 1.54) is 0 Å². The van der Waals surface area contributed by atoms with Crippen LogP contribution in [0, 0.1) is 6.92 Å². The van der Waals surface area contributed by atoms with Crippen LogP contribution in [-0.2, 0) is 16.1 Å². The van der Waals surface area contributed by atoms with Gasteiger partial charge >= 0.3 is 0 Å². The zero-order valence-electron chi connectivity index (χ0n) is 19.8. The van der Waals surface area contributed by atoms with E-state index in [1.807, 2.05) is 55.5 Å². The first-order valence-electron chi connectivity index (χ1n) is 11.7. The third-order valence-electron chi connectivity index (χ3n) is 6.23. The van der Waals surface area contributed by atoms with Crippen molar-refractivity contribution < 1.29 is 14.3 Å². The van der Waals surface area contributed by atoms with Gasteiger partial charge in [0.2, 0.25) is 5.91 Å². The number of ether oxygens (including phenoxy) is 1. The number of benzene rings is 2. The quantitative estimate of drug-likeness (QED) is 0.604. The number of amides is 2. The maximum atomic E-state index is 13.3. The number of carbonyl (C=O) groups is 2. The molecule has 0 radical (unpaired) electrons. The highest BCUT2D eigenvalue weighted by Crippen LogP contribution is 2.26. The second-order valence-electron chi connectivity index (χ2n) is 9.15. The minimum atomic E-state index is -0.576. The zero-order chi connectivity index (χ0) is 23.1. The number of hydrogen-bond donors (Lipinski definition) is 1. The highest BCUT2D eigenvalue weighted by Gasteiger charge is 2.29. The fraction of sp³-hybridized carbons (Fsp3) is 0.481. The van der Waals surface area contributed by atoms with Crippen LogP contribution < -0.4 is 10.1 Å². The molecule has 0 aliphatic heterocycles. The molecule has 5 nitrogen and oxygen atoms in total. The maximum absolute atomic E-state index is 13.3. The monoisotopic (exact) mass is 436 g/mol. The summed E-state index contributed by atoms with van der Waals surface area (Å²) in [6, 6.07) is 15.5. The summed E-state index contributed by atoms with van der Waals surface area (Å²) in [5, 5.41) is 3.13. The summed E-state index contributed by atoms with van der Waals surface area (Å²) in [7, 11) is 0. The smallest absolute Gasteiger partial charge is 0.261 e. The van der Waals surface area contributed by atoms with Crippen LogP contribution in [0.1, 0.15) is 69.1 Å². The van der Waals surface area contributed by atoms with Crippen molar-refractivity contribution in [3.05, 3.63) is 65.2 Å². The first-order chi connectivity index (χ1) is 15.3. The van der Waals surface area contributed by atoms with Crippen molar-refractivity contribution in [2.75, 3.05) is 6.61 Å². The fourth-order valence-electron chi connectivity index (χ4n) is 4.18. The van der Waals surface area contributed by atoms with Crippen LogP contribution in [0.3, 0.4) is 0 Å². The van der Waals surface area contributed by atoms with Gasteiger partial charge in [-0.15, -0.1) is 0 Å². The Morgan fingerprint density at radius 1 is 1.03 bits per heavy atom. The first-order valence-corrected chi connectivity index (χ1v) is 11.7. The second kappa shape index (κ2) is 11.2. The predicted molar refractivity (Wildman–Crippen MR) is 128 cm³/mol. The molecule has 1 fully saturated rings. The van der Waals surface area contributed by atoms with Gasteiger partial charge in [0, 0.05) is 12.6 Å². The molecule has 2 amide bonds. The molecule has 1 aliphatic carbocycles. The zero-order valence-corrected chi connectivity index (χ0v) is 19.8. The van der Waals surface area contributed by atoms with Gasteiger partial charge in [-0.05, 0) is 49.8 Å². The van der Waals surface area contributed by atoms with E-state index in [0.717, 1.165) is 42.4 Å². The van der Waals surface area contributed by atoms with E-state index in [1.54, 1.807) is 11.8 Å². The first kappa shape index (κ1) is 23.8. The van der Waals surface area contributed by atoms with Crippen molar-refractivity contribution in [2.45, 2.75) is 77.9 Å². The van der Waals surface area contributed by atoms with Gasteiger partial charge in [-0.25, -0.2) is 0 Å². The summed E-state index contributed by atoms with van der Waals surface area (Å²) in [5.41, 5.74) is 3.22. The molecule has 1 aliphatic rings. The molecule has 32 heavy (non-hydrogen) atoms. The molecule has 1 saturated carbocycles. The van der Waals surface area contributed by atoms with Crippen LogP contribution in [0.15, 0.2) is 48.5 Å². The summed E-state index contributed by atoms with van der Waals surface area (Å²) >= 11 is 0. The highest BCUT2D eigenvalue weighted by atomic mass is 16.5. The molecule has 0 saturated heterocycles. The molecule has 172 valence electrons. The molecule has 1 N–H and O–H groups in total. The van der Waals surface area contributed by atoms with Crippen molar-refractivity contribution in [2.24, 2.45) is 0 Å². The van der Waals surface area contributed by atoms with Gasteiger partial charge in [0.05, 0.1) is 0 Å². The molecule has 2 aromatic rings. The Bertz CT molecular complexity index is 901. The van der Waals surface area contributed by atoms with Crippen molar-refractivity contribution in [3.63, 3.8) is 0 Å². The molecule has 0 unspecified atom stereocenters. The molecule has 0 spiro atoms. The minimum absolute atomic E-state index is 0.0973. The molecule has 1 atom stereocenters. The van der Waals surface area contributed by atoms with E-state index in [9.17, 15) is 9.59 Å². The van der Waals surface area contributed by atoms with Crippen molar-refractivity contribution in [3.8, 4) is 5.75 Å². The lowest BCUT2D eigenvalue weighted by Crippen LogP contribution is -2.50. The number of carbonyl (C=O) groups excluding carboxylic acids is 2. The van der Waals surface area contributed by atoms with Crippen molar-refractivity contribution >= 4 is 11.8 Å². The molecule has 0 aromatic heterocycles. The van der Waals surface area contributed by atoms with E-state index in [0.29, 0.717) is 18.2 Å². The Morgan fingerprint density at radius 2 is 1.69 bits per heavy atom. The van der Waals surface area contributed by atoms with Gasteiger partial charge in [-0.2, -0.15) is 0 Å². The maximum Gasteiger partial charge on any atom is 0.261 e. The summed E-state index contributed by atoms with van der Waals surface area (Å²) < 4.78 is 5.94. The lowest BCUT2D eigenvalue weighted by molar-refractivity contribution is -0.142. The van der Waals surface area contributed by atoms with Gasteiger partial charge in [-0.3, -0.25) is 9.59 Å². The fourth-order valence-corrected chi connectivity index (χ4v) is 4.18. The summed E-state index contributed by atoms with van der Waals surface area (Å²) in [4.78, 5) is 27.9. The molecule has 2 aromatic carbocycles. The van der Waals surface area contributed by atoms with E-state index in [2.05, 4.69) is 19.2 Å². The number of hydrogen-bond acceptors (Lipinski definition) is 3. The third-order valence-corrected chi connectivity index (χ3v) is 6.23. The number of nitrogens with one attached hydrogen (secondary N) is 1. The standard InChI is InChI=1S/C27H36N2O3/c1-19(2)24-11-7-8-12-25(24)32-18-26(30)29(17-22-15-13-20(3)14-16-22)21(4)27(31)28-23-9-5-6-10-23/h7-8,11-16,19,21,23H,5-6,9-10,17-18H2,1-4H3,(H,28,31)/t21-/m1/s1. The lowest BCUT2D eigenvalue weighted by Gasteiger charge is -2.30. The summed E-state index contributed by atoms with van der Waals surface area (Å²) in [6.45, 7) is 8.30. The van der Waals surface area contributed by atoms with E-state index in [4.69, 9.17) is 4.74 Å². The van der Waals surface area contributed by atoms with Crippen LogP contribution in [-0.4, -0.2) is 35.4 Å². The van der Waals surface area contributed by atoms with Gasteiger partial charge in [-0.1, -0.05) is 74.7 Å². The van der Waals surface area contributed by atoms with E-state index >= 15 is 0 Å². The van der Waals surface area contributed by atoms with Crippen molar-refractivity contribution in [1.29, 1.82) is 0 Å². The van der Waals surface area contributed by atoms with Crippen LogP contribution in [0.25, 0.3) is 0 Å². The Morgan fingerprint density at radius 3 is 2.34 bits per heavy atom. The summed E-state index contributed by atoms with van der Waals surface area (Å²) in [6.07, 6.45) is 4.32. The van der Waals surface area contributed by atoms with E-state index in [-0.39, 0.29) is 24.5 Å². The highest BCUT2D eigenvalue weighted by molar-refractivity contribution is 5.88. The van der Waals surface area contributed by atoms with Crippen LogP contribution in [0.2, 0.25) is 0 Å². The number of rotatable bonds is 9. The van der Waals surface area contributed by atoms with Gasteiger partial charge in [0.1, 0.15) is 11.8 Å². The Balaban J connectivity index is 1.73. The van der Waals surface area contributed by atoms with Gasteiger partial charge in [0.15, 0.2) is 6.61 Å². The second-order valence-corrected chi connectivity index (χ2v) is 9.15.